The molecule has 0 fully saturated rings. The lowest BCUT2D eigenvalue weighted by molar-refractivity contribution is -0.384. The molecule has 0 saturated carbocycles. The molecule has 0 saturated heterocycles. The molecule has 7 nitrogen and oxygen atoms in total. The zero-order valence-corrected chi connectivity index (χ0v) is 14.7. The number of nitrogens with zero attached hydrogens (tertiary/aromatic N) is 1. The standard InChI is InChI=1S/C18H16F3N3O4/c1-11(25)12-2-5-14(6-3-12)23-17(26)8-9-22-15-7-4-13(18(19,20)21)10-16(15)24(27)28/h2-7,10,22H,8-9H2,1H3,(H,23,26). The second kappa shape index (κ2) is 8.51. The summed E-state index contributed by atoms with van der Waals surface area (Å²) in [5.74, 6) is -0.516. The SMILES string of the molecule is CC(=O)c1ccc(NC(=O)CCNc2ccc(C(F)(F)F)cc2[N+](=O)[O-])cc1. The maximum atomic E-state index is 12.7. The number of hydrogen-bond donors (Lipinski definition) is 2. The Morgan fingerprint density at radius 2 is 1.75 bits per heavy atom. The summed E-state index contributed by atoms with van der Waals surface area (Å²) in [5.41, 5.74) is -1.01. The van der Waals surface area contributed by atoms with Gasteiger partial charge in [0.05, 0.1) is 10.5 Å². The molecule has 10 heteroatoms. The Morgan fingerprint density at radius 1 is 1.11 bits per heavy atom. The molecule has 0 aromatic heterocycles. The number of anilines is 2. The van der Waals surface area contributed by atoms with E-state index in [4.69, 9.17) is 0 Å². The number of nitrogens with one attached hydrogen (secondary N) is 2. The van der Waals surface area contributed by atoms with Gasteiger partial charge in [-0.05, 0) is 43.3 Å². The van der Waals surface area contributed by atoms with Crippen molar-refractivity contribution >= 4 is 28.8 Å². The van der Waals surface area contributed by atoms with Crippen LogP contribution in [0.3, 0.4) is 0 Å². The fraction of sp³-hybridized carbons (Fsp3) is 0.222. The average Bonchev–Trinajstić information content (AvgIpc) is 2.61. The molecule has 0 bridgehead atoms. The van der Waals surface area contributed by atoms with E-state index in [1.54, 1.807) is 24.3 Å². The first kappa shape index (κ1) is 20.9. The Balaban J connectivity index is 1.96. The van der Waals surface area contributed by atoms with E-state index in [1.165, 1.54) is 6.92 Å². The molecule has 2 aromatic rings. The Hall–Kier alpha value is -3.43. The number of nitro groups is 1. The number of nitro benzene ring substituents is 1. The molecule has 2 N–H and O–H groups in total. The second-order valence-electron chi connectivity index (χ2n) is 5.85. The Morgan fingerprint density at radius 3 is 2.29 bits per heavy atom. The molecular weight excluding hydrogens is 379 g/mol. The second-order valence-corrected chi connectivity index (χ2v) is 5.85. The predicted molar refractivity (Wildman–Crippen MR) is 96.3 cm³/mol. The van der Waals surface area contributed by atoms with Crippen molar-refractivity contribution in [1.29, 1.82) is 0 Å². The minimum absolute atomic E-state index is 0.0242. The lowest BCUT2D eigenvalue weighted by Crippen LogP contribution is -2.17. The predicted octanol–water partition coefficient (Wildman–Crippen LogP) is 4.26. The molecule has 0 aliphatic rings. The fourth-order valence-corrected chi connectivity index (χ4v) is 2.33. The molecule has 28 heavy (non-hydrogen) atoms. The topological polar surface area (TPSA) is 101 Å². The third-order valence-electron chi connectivity index (χ3n) is 3.76. The van der Waals surface area contributed by atoms with Crippen LogP contribution in [-0.2, 0) is 11.0 Å². The van der Waals surface area contributed by atoms with Gasteiger partial charge in [-0.2, -0.15) is 13.2 Å². The van der Waals surface area contributed by atoms with Gasteiger partial charge < -0.3 is 10.6 Å². The maximum absolute atomic E-state index is 12.7. The highest BCUT2D eigenvalue weighted by Gasteiger charge is 2.33. The number of amides is 1. The number of alkyl halides is 3. The number of carbonyl (C=O) groups is 2. The Labute approximate surface area is 157 Å². The van der Waals surface area contributed by atoms with Gasteiger partial charge in [-0.3, -0.25) is 19.7 Å². The normalized spacial score (nSPS) is 11.0. The Kier molecular flexibility index (Phi) is 6.34. The highest BCUT2D eigenvalue weighted by Crippen LogP contribution is 2.34. The van der Waals surface area contributed by atoms with E-state index in [1.807, 2.05) is 0 Å². The smallest absolute Gasteiger partial charge is 0.379 e. The summed E-state index contributed by atoms with van der Waals surface area (Å²) in [4.78, 5) is 33.2. The number of hydrogen-bond acceptors (Lipinski definition) is 5. The number of ketones is 1. The van der Waals surface area contributed by atoms with Crippen molar-refractivity contribution in [2.24, 2.45) is 0 Å². The molecule has 0 heterocycles. The molecule has 1 amide bonds. The van der Waals surface area contributed by atoms with Crippen molar-refractivity contribution < 1.29 is 27.7 Å². The van der Waals surface area contributed by atoms with Gasteiger partial charge in [0.2, 0.25) is 5.91 Å². The molecule has 0 radical (unpaired) electrons. The van der Waals surface area contributed by atoms with Crippen LogP contribution in [0.5, 0.6) is 0 Å². The molecule has 0 aliphatic carbocycles. The lowest BCUT2D eigenvalue weighted by Gasteiger charge is -2.11. The lowest BCUT2D eigenvalue weighted by atomic mass is 10.1. The van der Waals surface area contributed by atoms with Crippen molar-refractivity contribution in [3.63, 3.8) is 0 Å². The van der Waals surface area contributed by atoms with E-state index in [-0.39, 0.29) is 24.4 Å². The molecule has 2 aromatic carbocycles. The summed E-state index contributed by atoms with van der Waals surface area (Å²) < 4.78 is 38.0. The number of benzene rings is 2. The molecular formula is C18H16F3N3O4. The number of rotatable bonds is 7. The minimum atomic E-state index is -4.69. The van der Waals surface area contributed by atoms with Crippen LogP contribution in [0.25, 0.3) is 0 Å². The van der Waals surface area contributed by atoms with Crippen LogP contribution < -0.4 is 10.6 Å². The number of carbonyl (C=O) groups excluding carboxylic acids is 2. The van der Waals surface area contributed by atoms with Crippen molar-refractivity contribution in [2.75, 3.05) is 17.2 Å². The third-order valence-corrected chi connectivity index (χ3v) is 3.76. The van der Waals surface area contributed by atoms with Crippen LogP contribution in [0.15, 0.2) is 42.5 Å². The van der Waals surface area contributed by atoms with Crippen LogP contribution in [0, 0.1) is 10.1 Å². The van der Waals surface area contributed by atoms with Gasteiger partial charge in [0.25, 0.3) is 5.69 Å². The van der Waals surface area contributed by atoms with E-state index in [0.717, 1.165) is 12.1 Å². The van der Waals surface area contributed by atoms with Gasteiger partial charge in [0.1, 0.15) is 5.69 Å². The number of Topliss-reactive ketones (excluding diaryl/α,β-unsaturated/α-hetero) is 1. The van der Waals surface area contributed by atoms with Crippen LogP contribution in [-0.4, -0.2) is 23.2 Å². The third kappa shape index (κ3) is 5.53. The minimum Gasteiger partial charge on any atom is -0.379 e. The van der Waals surface area contributed by atoms with E-state index in [9.17, 15) is 32.9 Å². The van der Waals surface area contributed by atoms with Gasteiger partial charge in [0, 0.05) is 30.3 Å². The zero-order chi connectivity index (χ0) is 20.9. The molecule has 148 valence electrons. The molecule has 2 rings (SSSR count). The molecule has 0 unspecified atom stereocenters. The number of halogens is 3. The first-order valence-electron chi connectivity index (χ1n) is 8.08. The van der Waals surface area contributed by atoms with E-state index >= 15 is 0 Å². The van der Waals surface area contributed by atoms with Crippen molar-refractivity contribution in [1.82, 2.24) is 0 Å². The average molecular weight is 395 g/mol. The molecule has 0 atom stereocenters. The van der Waals surface area contributed by atoms with E-state index < -0.39 is 28.3 Å². The van der Waals surface area contributed by atoms with Gasteiger partial charge >= 0.3 is 6.18 Å². The fourth-order valence-electron chi connectivity index (χ4n) is 2.33. The first-order chi connectivity index (χ1) is 13.1. The van der Waals surface area contributed by atoms with E-state index in [2.05, 4.69) is 10.6 Å². The largest absolute Gasteiger partial charge is 0.416 e. The summed E-state index contributed by atoms with van der Waals surface area (Å²) >= 11 is 0. The van der Waals surface area contributed by atoms with Gasteiger partial charge in [0.15, 0.2) is 5.78 Å². The Bertz CT molecular complexity index is 896. The zero-order valence-electron chi connectivity index (χ0n) is 14.7. The summed E-state index contributed by atoms with van der Waals surface area (Å²) in [7, 11) is 0. The van der Waals surface area contributed by atoms with Gasteiger partial charge in [-0.1, -0.05) is 0 Å². The highest BCUT2D eigenvalue weighted by molar-refractivity contribution is 5.95. The van der Waals surface area contributed by atoms with Crippen LogP contribution >= 0.6 is 0 Å². The van der Waals surface area contributed by atoms with Crippen molar-refractivity contribution in [3.05, 3.63) is 63.7 Å². The van der Waals surface area contributed by atoms with E-state index in [0.29, 0.717) is 17.3 Å². The highest BCUT2D eigenvalue weighted by atomic mass is 19.4. The quantitative estimate of drug-likeness (QED) is 0.414. The molecule has 0 spiro atoms. The van der Waals surface area contributed by atoms with Gasteiger partial charge in [-0.15, -0.1) is 0 Å². The van der Waals surface area contributed by atoms with Crippen molar-refractivity contribution in [2.45, 2.75) is 19.5 Å². The summed E-state index contributed by atoms with van der Waals surface area (Å²) in [5, 5.41) is 16.2. The summed E-state index contributed by atoms with van der Waals surface area (Å²) in [6.07, 6.45) is -4.77. The maximum Gasteiger partial charge on any atom is 0.416 e. The summed E-state index contributed by atoms with van der Waals surface area (Å²) in [6.45, 7) is 1.39. The van der Waals surface area contributed by atoms with Crippen LogP contribution in [0.2, 0.25) is 0 Å². The monoisotopic (exact) mass is 395 g/mol. The summed E-state index contributed by atoms with van der Waals surface area (Å²) in [6, 6.07) is 8.36. The van der Waals surface area contributed by atoms with Crippen LogP contribution in [0.4, 0.5) is 30.2 Å². The van der Waals surface area contributed by atoms with Crippen molar-refractivity contribution in [3.8, 4) is 0 Å². The van der Waals surface area contributed by atoms with Crippen LogP contribution in [0.1, 0.15) is 29.3 Å². The molecule has 0 aliphatic heterocycles. The first-order valence-corrected chi connectivity index (χ1v) is 8.08. The van der Waals surface area contributed by atoms with Gasteiger partial charge in [-0.25, -0.2) is 0 Å².